The Hall–Kier alpha value is -0.800. The van der Waals surface area contributed by atoms with E-state index in [1.165, 1.54) is 0 Å². The van der Waals surface area contributed by atoms with Crippen molar-refractivity contribution in [3.63, 3.8) is 0 Å². The number of aromatic nitrogens is 2. The Kier molecular flexibility index (Phi) is 4.17. The van der Waals surface area contributed by atoms with Gasteiger partial charge in [0.25, 0.3) is 0 Å². The Labute approximate surface area is 89.8 Å². The van der Waals surface area contributed by atoms with Crippen molar-refractivity contribution in [1.29, 1.82) is 0 Å². The molecule has 1 heterocycles. The first-order valence-corrected chi connectivity index (χ1v) is 5.04. The Morgan fingerprint density at radius 1 is 1.64 bits per heavy atom. The van der Waals surface area contributed by atoms with Crippen LogP contribution in [0.5, 0.6) is 0 Å². The van der Waals surface area contributed by atoms with E-state index >= 15 is 0 Å². The molecule has 0 spiro atoms. The minimum Gasteiger partial charge on any atom is -0.312 e. The molecule has 14 heavy (non-hydrogen) atoms. The van der Waals surface area contributed by atoms with Gasteiger partial charge in [-0.2, -0.15) is 5.10 Å². The summed E-state index contributed by atoms with van der Waals surface area (Å²) in [6, 6.07) is 0. The largest absolute Gasteiger partial charge is 0.312 e. The topological polar surface area (TPSA) is 29.9 Å². The van der Waals surface area contributed by atoms with E-state index in [0.717, 1.165) is 30.8 Å². The van der Waals surface area contributed by atoms with Crippen LogP contribution in [0.3, 0.4) is 0 Å². The van der Waals surface area contributed by atoms with Crippen LogP contribution < -0.4 is 5.32 Å². The molecular formula is C10H16ClN3. The second-order valence-corrected chi connectivity index (χ2v) is 3.59. The number of aryl methyl sites for hydroxylation is 2. The van der Waals surface area contributed by atoms with Gasteiger partial charge in [0, 0.05) is 19.2 Å². The van der Waals surface area contributed by atoms with Crippen LogP contribution in [0.15, 0.2) is 12.7 Å². The van der Waals surface area contributed by atoms with E-state index in [-0.39, 0.29) is 0 Å². The maximum absolute atomic E-state index is 6.07. The van der Waals surface area contributed by atoms with Crippen molar-refractivity contribution in [1.82, 2.24) is 15.1 Å². The molecule has 0 atom stereocenters. The van der Waals surface area contributed by atoms with Gasteiger partial charge in [0.2, 0.25) is 0 Å². The van der Waals surface area contributed by atoms with Gasteiger partial charge in [0.15, 0.2) is 0 Å². The average molecular weight is 214 g/mol. The van der Waals surface area contributed by atoms with Crippen molar-refractivity contribution in [3.8, 4) is 0 Å². The molecule has 1 aromatic heterocycles. The van der Waals surface area contributed by atoms with Crippen LogP contribution in [0.25, 0.3) is 0 Å². The Morgan fingerprint density at radius 2 is 2.36 bits per heavy atom. The van der Waals surface area contributed by atoms with Crippen molar-refractivity contribution >= 4 is 11.6 Å². The van der Waals surface area contributed by atoms with Crippen molar-refractivity contribution in [3.05, 3.63) is 29.1 Å². The third-order valence-corrected chi connectivity index (χ3v) is 2.57. The highest BCUT2D eigenvalue weighted by molar-refractivity contribution is 6.30. The van der Waals surface area contributed by atoms with Crippen molar-refractivity contribution in [2.24, 2.45) is 7.05 Å². The standard InChI is InChI=1S/C10H16ClN3/c1-4-5-6-12-7-9-8(2)13-14(3)10(9)11/h4,12H,1,5-7H2,2-3H3. The SMILES string of the molecule is C=CCCNCc1c(C)nn(C)c1Cl. The molecule has 0 aliphatic heterocycles. The van der Waals surface area contributed by atoms with Crippen LogP contribution >= 0.6 is 11.6 Å². The first kappa shape index (κ1) is 11.3. The molecule has 0 aliphatic carbocycles. The predicted molar refractivity (Wildman–Crippen MR) is 59.5 cm³/mol. The molecule has 3 nitrogen and oxygen atoms in total. The quantitative estimate of drug-likeness (QED) is 0.600. The first-order chi connectivity index (χ1) is 6.66. The third kappa shape index (κ3) is 2.59. The second kappa shape index (κ2) is 5.17. The van der Waals surface area contributed by atoms with Gasteiger partial charge in [-0.1, -0.05) is 17.7 Å². The molecule has 0 aromatic carbocycles. The Bertz CT molecular complexity index is 317. The number of hydrogen-bond donors (Lipinski definition) is 1. The summed E-state index contributed by atoms with van der Waals surface area (Å²) in [7, 11) is 1.85. The zero-order valence-corrected chi connectivity index (χ0v) is 9.43. The molecule has 1 aromatic rings. The number of hydrogen-bond acceptors (Lipinski definition) is 2. The minimum absolute atomic E-state index is 0.716. The lowest BCUT2D eigenvalue weighted by atomic mass is 10.2. The zero-order chi connectivity index (χ0) is 10.6. The lowest BCUT2D eigenvalue weighted by Gasteiger charge is -2.02. The van der Waals surface area contributed by atoms with E-state index in [2.05, 4.69) is 17.0 Å². The van der Waals surface area contributed by atoms with E-state index in [4.69, 9.17) is 11.6 Å². The molecule has 0 bridgehead atoms. The van der Waals surface area contributed by atoms with Crippen molar-refractivity contribution in [2.75, 3.05) is 6.54 Å². The normalized spacial score (nSPS) is 10.5. The molecule has 0 saturated carbocycles. The molecule has 0 unspecified atom stereocenters. The van der Waals surface area contributed by atoms with Gasteiger partial charge in [-0.25, -0.2) is 0 Å². The summed E-state index contributed by atoms with van der Waals surface area (Å²) in [5.74, 6) is 0. The molecular weight excluding hydrogens is 198 g/mol. The number of nitrogens with one attached hydrogen (secondary N) is 1. The summed E-state index contributed by atoms with van der Waals surface area (Å²) in [6.45, 7) is 7.33. The fourth-order valence-electron chi connectivity index (χ4n) is 1.29. The number of nitrogens with zero attached hydrogens (tertiary/aromatic N) is 2. The highest BCUT2D eigenvalue weighted by Gasteiger charge is 2.09. The van der Waals surface area contributed by atoms with Crippen molar-refractivity contribution < 1.29 is 0 Å². The highest BCUT2D eigenvalue weighted by atomic mass is 35.5. The number of rotatable bonds is 5. The third-order valence-electron chi connectivity index (χ3n) is 2.10. The van der Waals surface area contributed by atoms with Gasteiger partial charge < -0.3 is 5.32 Å². The fourth-order valence-corrected chi connectivity index (χ4v) is 1.53. The highest BCUT2D eigenvalue weighted by Crippen LogP contribution is 2.17. The summed E-state index contributed by atoms with van der Waals surface area (Å²) in [5, 5.41) is 8.24. The molecule has 1 N–H and O–H groups in total. The van der Waals surface area contributed by atoms with Crippen LogP contribution in [-0.4, -0.2) is 16.3 Å². The van der Waals surface area contributed by atoms with E-state index in [9.17, 15) is 0 Å². The molecule has 0 aliphatic rings. The van der Waals surface area contributed by atoms with Gasteiger partial charge in [0.05, 0.1) is 5.69 Å². The molecule has 0 amide bonds. The summed E-state index contributed by atoms with van der Waals surface area (Å²) < 4.78 is 1.70. The van der Waals surface area contributed by atoms with Crippen molar-refractivity contribution in [2.45, 2.75) is 19.9 Å². The zero-order valence-electron chi connectivity index (χ0n) is 8.68. The molecule has 1 rings (SSSR count). The first-order valence-electron chi connectivity index (χ1n) is 4.66. The lowest BCUT2D eigenvalue weighted by Crippen LogP contribution is -2.14. The van der Waals surface area contributed by atoms with Gasteiger partial charge in [-0.3, -0.25) is 4.68 Å². The molecule has 0 saturated heterocycles. The predicted octanol–water partition coefficient (Wildman–Crippen LogP) is 2.05. The summed E-state index contributed by atoms with van der Waals surface area (Å²) in [6.07, 6.45) is 2.86. The van der Waals surface area contributed by atoms with E-state index < -0.39 is 0 Å². The van der Waals surface area contributed by atoms with Gasteiger partial charge in [-0.15, -0.1) is 6.58 Å². The summed E-state index contributed by atoms with van der Waals surface area (Å²) >= 11 is 6.07. The van der Waals surface area contributed by atoms with E-state index in [1.807, 2.05) is 20.0 Å². The second-order valence-electron chi connectivity index (χ2n) is 3.23. The van der Waals surface area contributed by atoms with Crippen LogP contribution in [0, 0.1) is 6.92 Å². The van der Waals surface area contributed by atoms with Crippen LogP contribution in [0.4, 0.5) is 0 Å². The Morgan fingerprint density at radius 3 is 2.86 bits per heavy atom. The van der Waals surface area contributed by atoms with E-state index in [0.29, 0.717) is 5.15 Å². The van der Waals surface area contributed by atoms with E-state index in [1.54, 1.807) is 4.68 Å². The summed E-state index contributed by atoms with van der Waals surface area (Å²) in [4.78, 5) is 0. The van der Waals surface area contributed by atoms with Gasteiger partial charge in [-0.05, 0) is 19.9 Å². The fraction of sp³-hybridized carbons (Fsp3) is 0.500. The Balaban J connectivity index is 2.53. The number of halogens is 1. The van der Waals surface area contributed by atoms with Crippen LogP contribution in [0.2, 0.25) is 5.15 Å². The summed E-state index contributed by atoms with van der Waals surface area (Å²) in [5.41, 5.74) is 2.07. The molecule has 0 radical (unpaired) electrons. The molecule has 78 valence electrons. The lowest BCUT2D eigenvalue weighted by molar-refractivity contribution is 0.693. The maximum atomic E-state index is 6.07. The maximum Gasteiger partial charge on any atom is 0.131 e. The smallest absolute Gasteiger partial charge is 0.131 e. The molecule has 4 heteroatoms. The van der Waals surface area contributed by atoms with Gasteiger partial charge >= 0.3 is 0 Å². The van der Waals surface area contributed by atoms with Crippen LogP contribution in [-0.2, 0) is 13.6 Å². The van der Waals surface area contributed by atoms with Crippen LogP contribution in [0.1, 0.15) is 17.7 Å². The minimum atomic E-state index is 0.716. The molecule has 0 fully saturated rings. The average Bonchev–Trinajstić information content (AvgIpc) is 2.38. The monoisotopic (exact) mass is 213 g/mol. The van der Waals surface area contributed by atoms with Gasteiger partial charge in [0.1, 0.15) is 5.15 Å².